The third-order valence-electron chi connectivity index (χ3n) is 8.49. The van der Waals surface area contributed by atoms with E-state index in [1.54, 1.807) is 40.6 Å². The molecule has 3 saturated heterocycles. The molecule has 3 fully saturated rings. The van der Waals surface area contributed by atoms with Gasteiger partial charge >= 0.3 is 5.97 Å². The van der Waals surface area contributed by atoms with Gasteiger partial charge in [0.05, 0.1) is 46.5 Å². The molecule has 7 nitrogen and oxygen atoms in total. The molecule has 3 heterocycles. The van der Waals surface area contributed by atoms with E-state index in [2.05, 4.69) is 6.58 Å². The zero-order chi connectivity index (χ0) is 28.6. The minimum absolute atomic E-state index is 0.0953. The van der Waals surface area contributed by atoms with Gasteiger partial charge < -0.3 is 19.6 Å². The van der Waals surface area contributed by atoms with Gasteiger partial charge in [0.2, 0.25) is 5.91 Å². The number of likely N-dealkylation sites (tertiary alicyclic amines) is 1. The summed E-state index contributed by atoms with van der Waals surface area (Å²) in [6.07, 6.45) is 3.35. The highest BCUT2D eigenvalue weighted by Gasteiger charge is 2.74. The standard InChI is InChI=1S/C31H35ClN2O5S/c1-4-16-33(26-19(3)10-9-13-22(26)32)29(37)27-31-15-14-23(40-31)24(30(38)39-5-2)25(31)28(36)34(27)21(18-35)17-20-11-7-6-8-12-20/h4,6-13,21,23-25,27,35H,1,5,14-18H2,2-3H3/t21-,23-,24+,25+,27?,31?/m1/s1. The number of aliphatic hydroxyl groups is 1. The highest BCUT2D eigenvalue weighted by Crippen LogP contribution is 2.67. The van der Waals surface area contributed by atoms with Gasteiger partial charge in [0.1, 0.15) is 6.04 Å². The number of amides is 2. The molecule has 9 heteroatoms. The molecule has 2 amide bonds. The topological polar surface area (TPSA) is 87.2 Å². The first-order valence-electron chi connectivity index (χ1n) is 13.8. The van der Waals surface area contributed by atoms with Gasteiger partial charge in [-0.1, -0.05) is 60.1 Å². The van der Waals surface area contributed by atoms with Crippen molar-refractivity contribution < 1.29 is 24.2 Å². The number of thioether (sulfide) groups is 1. The minimum atomic E-state index is -0.893. The van der Waals surface area contributed by atoms with E-state index in [0.717, 1.165) is 11.1 Å². The normalized spacial score (nSPS) is 27.4. The lowest BCUT2D eigenvalue weighted by Crippen LogP contribution is -2.58. The summed E-state index contributed by atoms with van der Waals surface area (Å²) in [5.41, 5.74) is 2.34. The molecule has 1 spiro atoms. The number of carbonyl (C=O) groups is 3. The number of benzene rings is 2. The number of ether oxygens (including phenoxy) is 1. The summed E-state index contributed by atoms with van der Waals surface area (Å²) < 4.78 is 4.62. The Morgan fingerprint density at radius 1 is 1.27 bits per heavy atom. The summed E-state index contributed by atoms with van der Waals surface area (Å²) >= 11 is 8.22. The second-order valence-corrected chi connectivity index (χ2v) is 12.7. The number of para-hydroxylation sites is 1. The van der Waals surface area contributed by atoms with Crippen molar-refractivity contribution in [3.8, 4) is 0 Å². The highest BCUT2D eigenvalue weighted by atomic mass is 35.5. The predicted octanol–water partition coefficient (Wildman–Crippen LogP) is 4.43. The average molecular weight is 583 g/mol. The lowest BCUT2D eigenvalue weighted by molar-refractivity contribution is -0.154. The molecule has 2 aromatic rings. The maximum Gasteiger partial charge on any atom is 0.310 e. The lowest BCUT2D eigenvalue weighted by Gasteiger charge is -2.40. The molecular formula is C31H35ClN2O5S. The molecule has 212 valence electrons. The van der Waals surface area contributed by atoms with Crippen LogP contribution in [0.15, 0.2) is 61.2 Å². The van der Waals surface area contributed by atoms with Gasteiger partial charge in [-0.3, -0.25) is 14.4 Å². The first-order chi connectivity index (χ1) is 19.3. The molecule has 2 bridgehead atoms. The second kappa shape index (κ2) is 11.6. The summed E-state index contributed by atoms with van der Waals surface area (Å²) in [6, 6.07) is 13.5. The predicted molar refractivity (Wildman–Crippen MR) is 157 cm³/mol. The number of carbonyl (C=O) groups excluding carboxylic acids is 3. The number of aryl methyl sites for hydroxylation is 1. The smallest absolute Gasteiger partial charge is 0.310 e. The molecule has 5 rings (SSSR count). The van der Waals surface area contributed by atoms with Crippen molar-refractivity contribution in [2.75, 3.05) is 24.7 Å². The first kappa shape index (κ1) is 28.7. The number of hydrogen-bond acceptors (Lipinski definition) is 6. The third-order valence-corrected chi connectivity index (χ3v) is 10.7. The SMILES string of the molecule is C=CCN(C(=O)C1N([C@@H](CO)Cc2ccccc2)C(=O)[C@@H]2[C@@H](C(=O)OCC)[C@H]3CCC12S3)c1c(C)cccc1Cl. The lowest BCUT2D eigenvalue weighted by atomic mass is 9.71. The average Bonchev–Trinajstić information content (AvgIpc) is 3.59. The van der Waals surface area contributed by atoms with Crippen LogP contribution in [0.2, 0.25) is 5.02 Å². The van der Waals surface area contributed by atoms with Crippen LogP contribution in [-0.2, 0) is 25.5 Å². The summed E-state index contributed by atoms with van der Waals surface area (Å²) in [4.78, 5) is 45.6. The van der Waals surface area contributed by atoms with Crippen LogP contribution >= 0.6 is 23.4 Å². The molecule has 3 aliphatic heterocycles. The number of esters is 1. The Balaban J connectivity index is 1.63. The maximum absolute atomic E-state index is 14.8. The monoisotopic (exact) mass is 582 g/mol. The number of anilines is 1. The van der Waals surface area contributed by atoms with Crippen LogP contribution in [0, 0.1) is 18.8 Å². The van der Waals surface area contributed by atoms with Crippen LogP contribution in [0.4, 0.5) is 5.69 Å². The van der Waals surface area contributed by atoms with Gasteiger partial charge in [-0.15, -0.1) is 18.3 Å². The Morgan fingerprint density at radius 3 is 2.67 bits per heavy atom. The molecular weight excluding hydrogens is 548 g/mol. The fourth-order valence-electron chi connectivity index (χ4n) is 6.94. The third kappa shape index (κ3) is 4.64. The van der Waals surface area contributed by atoms with Crippen LogP contribution in [-0.4, -0.2) is 69.6 Å². The number of aliphatic hydroxyl groups excluding tert-OH is 1. The summed E-state index contributed by atoms with van der Waals surface area (Å²) in [6.45, 7) is 7.62. The van der Waals surface area contributed by atoms with Crippen molar-refractivity contribution in [2.24, 2.45) is 11.8 Å². The number of rotatable bonds is 10. The largest absolute Gasteiger partial charge is 0.466 e. The van der Waals surface area contributed by atoms with Crippen molar-refractivity contribution in [1.29, 1.82) is 0 Å². The Kier molecular flexibility index (Phi) is 8.32. The quantitative estimate of drug-likeness (QED) is 0.330. The van der Waals surface area contributed by atoms with Crippen molar-refractivity contribution in [3.05, 3.63) is 77.3 Å². The number of halogens is 1. The Bertz CT molecular complexity index is 1290. The Hall–Kier alpha value is -2.81. The van der Waals surface area contributed by atoms with Gasteiger partial charge in [-0.2, -0.15) is 0 Å². The van der Waals surface area contributed by atoms with Crippen LogP contribution in [0.3, 0.4) is 0 Å². The second-order valence-electron chi connectivity index (χ2n) is 10.7. The van der Waals surface area contributed by atoms with Crippen molar-refractivity contribution >= 4 is 46.8 Å². The highest BCUT2D eigenvalue weighted by molar-refractivity contribution is 8.02. The minimum Gasteiger partial charge on any atom is -0.466 e. The van der Waals surface area contributed by atoms with Crippen molar-refractivity contribution in [3.63, 3.8) is 0 Å². The van der Waals surface area contributed by atoms with Gasteiger partial charge in [0.15, 0.2) is 0 Å². The number of nitrogens with zero attached hydrogens (tertiary/aromatic N) is 2. The molecule has 40 heavy (non-hydrogen) atoms. The molecule has 0 saturated carbocycles. The summed E-state index contributed by atoms with van der Waals surface area (Å²) in [5, 5.41) is 11.0. The fraction of sp³-hybridized carbons (Fsp3) is 0.452. The van der Waals surface area contributed by atoms with E-state index >= 15 is 0 Å². The molecule has 3 aliphatic rings. The molecule has 2 unspecified atom stereocenters. The Morgan fingerprint density at radius 2 is 2.02 bits per heavy atom. The van der Waals surface area contributed by atoms with Gasteiger partial charge in [-0.25, -0.2) is 0 Å². The molecule has 0 aliphatic carbocycles. The zero-order valence-electron chi connectivity index (χ0n) is 22.8. The molecule has 0 radical (unpaired) electrons. The molecule has 2 aromatic carbocycles. The van der Waals surface area contributed by atoms with E-state index in [9.17, 15) is 19.5 Å². The van der Waals surface area contributed by atoms with Crippen LogP contribution in [0.1, 0.15) is 30.9 Å². The number of hydrogen-bond donors (Lipinski definition) is 1. The molecule has 0 aromatic heterocycles. The van der Waals surface area contributed by atoms with E-state index in [-0.39, 0.29) is 42.8 Å². The Labute approximate surface area is 244 Å². The van der Waals surface area contributed by atoms with Gasteiger partial charge in [0.25, 0.3) is 5.91 Å². The zero-order valence-corrected chi connectivity index (χ0v) is 24.4. The van der Waals surface area contributed by atoms with Gasteiger partial charge in [-0.05, 0) is 50.3 Å². The number of fused-ring (bicyclic) bond motifs is 1. The fourth-order valence-corrected chi connectivity index (χ4v) is 9.45. The summed E-state index contributed by atoms with van der Waals surface area (Å²) in [7, 11) is 0. The maximum atomic E-state index is 14.8. The molecule has 6 atom stereocenters. The van der Waals surface area contributed by atoms with E-state index in [0.29, 0.717) is 30.0 Å². The summed E-state index contributed by atoms with van der Waals surface area (Å²) in [5.74, 6) is -2.27. The van der Waals surface area contributed by atoms with Crippen LogP contribution in [0.5, 0.6) is 0 Å². The van der Waals surface area contributed by atoms with E-state index < -0.39 is 28.7 Å². The van der Waals surface area contributed by atoms with E-state index in [1.807, 2.05) is 49.4 Å². The van der Waals surface area contributed by atoms with Crippen LogP contribution < -0.4 is 4.90 Å². The van der Waals surface area contributed by atoms with E-state index in [4.69, 9.17) is 16.3 Å². The molecule has 1 N–H and O–H groups in total. The van der Waals surface area contributed by atoms with E-state index in [1.165, 1.54) is 0 Å². The first-order valence-corrected chi connectivity index (χ1v) is 15.0. The van der Waals surface area contributed by atoms with Crippen molar-refractivity contribution in [1.82, 2.24) is 4.90 Å². The van der Waals surface area contributed by atoms with Gasteiger partial charge in [0, 0.05) is 11.8 Å². The van der Waals surface area contributed by atoms with Crippen LogP contribution in [0.25, 0.3) is 0 Å². The van der Waals surface area contributed by atoms with Crippen molar-refractivity contribution in [2.45, 2.75) is 55.2 Å².